The van der Waals surface area contributed by atoms with Gasteiger partial charge in [-0.05, 0) is 43.8 Å². The minimum absolute atomic E-state index is 0.865. The number of halogens is 1. The van der Waals surface area contributed by atoms with E-state index in [0.29, 0.717) is 0 Å². The third-order valence-electron chi connectivity index (χ3n) is 2.60. The van der Waals surface area contributed by atoms with E-state index in [-0.39, 0.29) is 0 Å². The van der Waals surface area contributed by atoms with Gasteiger partial charge in [-0.1, -0.05) is 36.2 Å². The molecule has 0 fully saturated rings. The van der Waals surface area contributed by atoms with Crippen molar-refractivity contribution in [3.05, 3.63) is 34.9 Å². The molecule has 0 amide bonds. The molecule has 90 valence electrons. The van der Waals surface area contributed by atoms with Gasteiger partial charge in [-0.2, -0.15) is 12.6 Å². The second-order valence-corrected chi connectivity index (χ2v) is 4.97. The van der Waals surface area contributed by atoms with Crippen molar-refractivity contribution in [2.75, 3.05) is 19.3 Å². The molecule has 0 saturated carbocycles. The van der Waals surface area contributed by atoms with E-state index in [1.165, 1.54) is 24.8 Å². The number of benzene rings is 1. The number of rotatable bonds is 7. The third kappa shape index (κ3) is 5.24. The first-order chi connectivity index (χ1) is 7.74. The molecule has 0 spiro atoms. The van der Waals surface area contributed by atoms with Crippen LogP contribution in [0.3, 0.4) is 0 Å². The summed E-state index contributed by atoms with van der Waals surface area (Å²) in [5.41, 5.74) is 1.21. The highest BCUT2D eigenvalue weighted by molar-refractivity contribution is 7.80. The zero-order valence-corrected chi connectivity index (χ0v) is 11.5. The van der Waals surface area contributed by atoms with Crippen molar-refractivity contribution in [3.8, 4) is 0 Å². The average molecular weight is 258 g/mol. The summed E-state index contributed by atoms with van der Waals surface area (Å²) in [5, 5.41) is 0.865. The summed E-state index contributed by atoms with van der Waals surface area (Å²) in [7, 11) is 2.14. The Morgan fingerprint density at radius 1 is 1.19 bits per heavy atom. The normalized spacial score (nSPS) is 11.0. The lowest BCUT2D eigenvalue weighted by Crippen LogP contribution is -2.19. The van der Waals surface area contributed by atoms with Crippen molar-refractivity contribution >= 4 is 24.2 Å². The second-order valence-electron chi connectivity index (χ2n) is 4.11. The van der Waals surface area contributed by atoms with Crippen molar-refractivity contribution in [2.24, 2.45) is 0 Å². The Kier molecular flexibility index (Phi) is 6.93. The van der Waals surface area contributed by atoms with Gasteiger partial charge in [0.25, 0.3) is 0 Å². The fourth-order valence-electron chi connectivity index (χ4n) is 1.67. The van der Waals surface area contributed by atoms with E-state index in [4.69, 9.17) is 11.6 Å². The average Bonchev–Trinajstić information content (AvgIpc) is 2.28. The summed E-state index contributed by atoms with van der Waals surface area (Å²) in [5.74, 6) is 0.994. The Balaban J connectivity index is 2.28. The van der Waals surface area contributed by atoms with E-state index < -0.39 is 0 Å². The highest BCUT2D eigenvalue weighted by Gasteiger charge is 2.03. The number of hydrogen-bond donors (Lipinski definition) is 1. The van der Waals surface area contributed by atoms with Gasteiger partial charge >= 0.3 is 0 Å². The van der Waals surface area contributed by atoms with Gasteiger partial charge < -0.3 is 4.90 Å². The van der Waals surface area contributed by atoms with Gasteiger partial charge in [-0.25, -0.2) is 0 Å². The summed E-state index contributed by atoms with van der Waals surface area (Å²) in [6.07, 6.45) is 3.71. The second kappa shape index (κ2) is 7.99. The van der Waals surface area contributed by atoms with E-state index in [2.05, 4.69) is 30.6 Å². The molecule has 0 radical (unpaired) electrons. The lowest BCUT2D eigenvalue weighted by molar-refractivity contribution is 0.318. The molecule has 1 aromatic rings. The van der Waals surface area contributed by atoms with Gasteiger partial charge in [0.1, 0.15) is 0 Å². The topological polar surface area (TPSA) is 3.24 Å². The minimum atomic E-state index is 0.865. The Morgan fingerprint density at radius 2 is 1.94 bits per heavy atom. The highest BCUT2D eigenvalue weighted by Crippen LogP contribution is 2.16. The molecule has 0 unspecified atom stereocenters. The first-order valence-electron chi connectivity index (χ1n) is 5.77. The predicted molar refractivity (Wildman–Crippen MR) is 75.5 cm³/mol. The molecule has 0 saturated heterocycles. The van der Waals surface area contributed by atoms with E-state index in [1.807, 2.05) is 18.2 Å². The predicted octanol–water partition coefficient (Wildman–Crippen LogP) is 3.87. The Hall–Kier alpha value is -0.180. The fraction of sp³-hybridized carbons (Fsp3) is 0.538. The van der Waals surface area contributed by atoms with Crippen LogP contribution < -0.4 is 0 Å². The van der Waals surface area contributed by atoms with E-state index in [1.54, 1.807) is 0 Å². The molecule has 1 nitrogen and oxygen atoms in total. The van der Waals surface area contributed by atoms with Gasteiger partial charge in [0, 0.05) is 11.6 Å². The lowest BCUT2D eigenvalue weighted by atomic mass is 10.2. The molecule has 16 heavy (non-hydrogen) atoms. The van der Waals surface area contributed by atoms with Crippen LogP contribution in [0.25, 0.3) is 0 Å². The molecule has 0 aliphatic rings. The number of nitrogens with zero attached hydrogens (tertiary/aromatic N) is 1. The SMILES string of the molecule is CN(CCCCCS)Cc1ccccc1Cl. The van der Waals surface area contributed by atoms with Crippen molar-refractivity contribution in [3.63, 3.8) is 0 Å². The van der Waals surface area contributed by atoms with Crippen molar-refractivity contribution < 1.29 is 0 Å². The standard InChI is InChI=1S/C13H20ClNS/c1-15(9-5-2-6-10-16)11-12-7-3-4-8-13(12)14/h3-4,7-8,16H,2,5-6,9-11H2,1H3. The number of hydrogen-bond acceptors (Lipinski definition) is 2. The van der Waals surface area contributed by atoms with Crippen LogP contribution in [0.2, 0.25) is 5.02 Å². The Labute approximate surface area is 109 Å². The molecule has 1 aromatic carbocycles. The van der Waals surface area contributed by atoms with Crippen LogP contribution >= 0.6 is 24.2 Å². The molecular weight excluding hydrogens is 238 g/mol. The van der Waals surface area contributed by atoms with Gasteiger partial charge in [-0.15, -0.1) is 0 Å². The molecule has 3 heteroatoms. The maximum Gasteiger partial charge on any atom is 0.0451 e. The quantitative estimate of drug-likeness (QED) is 0.573. The molecule has 0 heterocycles. The van der Waals surface area contributed by atoms with E-state index in [9.17, 15) is 0 Å². The minimum Gasteiger partial charge on any atom is -0.302 e. The Bertz CT molecular complexity index is 304. The van der Waals surface area contributed by atoms with Gasteiger partial charge in [0.15, 0.2) is 0 Å². The van der Waals surface area contributed by atoms with Crippen LogP contribution in [-0.2, 0) is 6.54 Å². The molecule has 0 atom stereocenters. The molecule has 0 aromatic heterocycles. The molecule has 0 aliphatic carbocycles. The first-order valence-corrected chi connectivity index (χ1v) is 6.78. The molecule has 0 aliphatic heterocycles. The first kappa shape index (κ1) is 13.9. The molecular formula is C13H20ClNS. The zero-order valence-electron chi connectivity index (χ0n) is 9.82. The molecule has 0 bridgehead atoms. The Morgan fingerprint density at radius 3 is 2.62 bits per heavy atom. The summed E-state index contributed by atoms with van der Waals surface area (Å²) in [6.45, 7) is 2.06. The van der Waals surface area contributed by atoms with E-state index in [0.717, 1.165) is 23.9 Å². The van der Waals surface area contributed by atoms with Crippen LogP contribution in [0.1, 0.15) is 24.8 Å². The summed E-state index contributed by atoms with van der Waals surface area (Å²) < 4.78 is 0. The maximum absolute atomic E-state index is 6.12. The zero-order chi connectivity index (χ0) is 11.8. The smallest absolute Gasteiger partial charge is 0.0451 e. The highest BCUT2D eigenvalue weighted by atomic mass is 35.5. The third-order valence-corrected chi connectivity index (χ3v) is 3.28. The van der Waals surface area contributed by atoms with Gasteiger partial charge in [-0.3, -0.25) is 0 Å². The maximum atomic E-state index is 6.12. The van der Waals surface area contributed by atoms with Crippen molar-refractivity contribution in [1.82, 2.24) is 4.90 Å². The van der Waals surface area contributed by atoms with Gasteiger partial charge in [0.2, 0.25) is 0 Å². The molecule has 0 N–H and O–H groups in total. The van der Waals surface area contributed by atoms with Crippen LogP contribution in [0.5, 0.6) is 0 Å². The lowest BCUT2D eigenvalue weighted by Gasteiger charge is -2.17. The van der Waals surface area contributed by atoms with E-state index >= 15 is 0 Å². The summed E-state index contributed by atoms with van der Waals surface area (Å²) in [4.78, 5) is 2.32. The number of unbranched alkanes of at least 4 members (excludes halogenated alkanes) is 2. The summed E-state index contributed by atoms with van der Waals surface area (Å²) >= 11 is 10.3. The van der Waals surface area contributed by atoms with Crippen molar-refractivity contribution in [1.29, 1.82) is 0 Å². The van der Waals surface area contributed by atoms with Crippen LogP contribution in [0.15, 0.2) is 24.3 Å². The fourth-order valence-corrected chi connectivity index (χ4v) is 2.09. The van der Waals surface area contributed by atoms with Crippen LogP contribution in [0.4, 0.5) is 0 Å². The van der Waals surface area contributed by atoms with Crippen LogP contribution in [-0.4, -0.2) is 24.2 Å². The number of thiol groups is 1. The summed E-state index contributed by atoms with van der Waals surface area (Å²) in [6, 6.07) is 8.05. The van der Waals surface area contributed by atoms with Crippen LogP contribution in [0, 0.1) is 0 Å². The van der Waals surface area contributed by atoms with Gasteiger partial charge in [0.05, 0.1) is 0 Å². The monoisotopic (exact) mass is 257 g/mol. The van der Waals surface area contributed by atoms with Crippen molar-refractivity contribution in [2.45, 2.75) is 25.8 Å². The largest absolute Gasteiger partial charge is 0.302 e. The molecule has 1 rings (SSSR count).